The molecule has 71 heavy (non-hydrogen) atoms. The van der Waals surface area contributed by atoms with Gasteiger partial charge in [-0.1, -0.05) is 57.7 Å². The SMILES string of the molecule is Cc1cc(-c2ccnc(Nc3ccc(N4CCN(C5CC6(CCN(c7ccc(N8CCC(=O)N(COCC[Si](C)(C)C)C8=O)cc7)CC6)C5)CC4)cn3)n2)ccc1[C@@H](C)NC(=O)c1nc(C(C)(C)C)no1. The molecule has 1 saturated carbocycles. The van der Waals surface area contributed by atoms with Crippen molar-refractivity contribution in [3.8, 4) is 11.3 Å². The molecular weight excluding hydrogens is 913 g/mol. The van der Waals surface area contributed by atoms with E-state index < -0.39 is 14.0 Å². The van der Waals surface area contributed by atoms with Crippen molar-refractivity contribution in [2.45, 2.75) is 110 Å². The summed E-state index contributed by atoms with van der Waals surface area (Å²) in [4.78, 5) is 67.7. The van der Waals surface area contributed by atoms with Crippen molar-refractivity contribution in [1.29, 1.82) is 0 Å². The maximum atomic E-state index is 13.3. The summed E-state index contributed by atoms with van der Waals surface area (Å²) in [5, 5.41) is 10.2. The second-order valence-corrected chi connectivity index (χ2v) is 27.8. The normalized spacial score (nSPS) is 18.5. The lowest BCUT2D eigenvalue weighted by Gasteiger charge is -2.56. The molecule has 0 bridgehead atoms. The molecule has 6 heterocycles. The van der Waals surface area contributed by atoms with E-state index in [1.165, 1.54) is 36.3 Å². The number of rotatable bonds is 15. The van der Waals surface area contributed by atoms with Crippen LogP contribution in [0.5, 0.6) is 0 Å². The lowest BCUT2D eigenvalue weighted by Crippen LogP contribution is -2.59. The molecule has 4 fully saturated rings. The predicted molar refractivity (Wildman–Crippen MR) is 279 cm³/mol. The zero-order chi connectivity index (χ0) is 50.1. The first-order valence-electron chi connectivity index (χ1n) is 25.3. The monoisotopic (exact) mass is 983 g/mol. The van der Waals surface area contributed by atoms with E-state index in [4.69, 9.17) is 19.2 Å². The van der Waals surface area contributed by atoms with E-state index in [9.17, 15) is 14.4 Å². The zero-order valence-electron chi connectivity index (χ0n) is 42.7. The molecule has 3 aromatic heterocycles. The van der Waals surface area contributed by atoms with Gasteiger partial charge in [-0.25, -0.2) is 24.6 Å². The van der Waals surface area contributed by atoms with Crippen LogP contribution in [0.3, 0.4) is 0 Å². The molecule has 376 valence electrons. The van der Waals surface area contributed by atoms with Gasteiger partial charge in [0.25, 0.3) is 0 Å². The van der Waals surface area contributed by atoms with Crippen molar-refractivity contribution in [2.75, 3.05) is 79.2 Å². The number of hydrogen-bond acceptors (Lipinski definition) is 14. The molecule has 0 unspecified atom stereocenters. The van der Waals surface area contributed by atoms with Crippen LogP contribution >= 0.6 is 0 Å². The number of anilines is 5. The Morgan fingerprint density at radius 1 is 0.873 bits per heavy atom. The molecule has 5 aromatic rings. The molecule has 1 aliphatic carbocycles. The number of piperazine rings is 1. The van der Waals surface area contributed by atoms with Gasteiger partial charge in [0.15, 0.2) is 5.82 Å². The van der Waals surface area contributed by atoms with Crippen LogP contribution in [0.15, 0.2) is 77.6 Å². The molecule has 18 heteroatoms. The maximum Gasteiger partial charge on any atom is 0.333 e. The maximum absolute atomic E-state index is 13.3. The molecule has 0 radical (unpaired) electrons. The average Bonchev–Trinajstić information content (AvgIpc) is 3.86. The quantitative estimate of drug-likeness (QED) is 0.0751. The topological polar surface area (TPSA) is 178 Å². The Balaban J connectivity index is 0.702. The number of benzene rings is 2. The van der Waals surface area contributed by atoms with Crippen molar-refractivity contribution in [1.82, 2.24) is 40.2 Å². The second kappa shape index (κ2) is 20.5. The highest BCUT2D eigenvalue weighted by Gasteiger charge is 2.48. The minimum atomic E-state index is -1.26. The first kappa shape index (κ1) is 49.7. The minimum absolute atomic E-state index is 0.0141. The Labute approximate surface area is 418 Å². The van der Waals surface area contributed by atoms with E-state index in [1.807, 2.05) is 77.2 Å². The first-order chi connectivity index (χ1) is 33.9. The van der Waals surface area contributed by atoms with Gasteiger partial charge in [0.1, 0.15) is 12.5 Å². The third-order valence-corrected chi connectivity index (χ3v) is 16.4. The smallest absolute Gasteiger partial charge is 0.333 e. The number of nitrogens with zero attached hydrogens (tertiary/aromatic N) is 10. The molecule has 4 aliphatic rings. The van der Waals surface area contributed by atoms with Gasteiger partial charge in [0.2, 0.25) is 11.9 Å². The van der Waals surface area contributed by atoms with E-state index in [2.05, 4.69) is 84.4 Å². The highest BCUT2D eigenvalue weighted by molar-refractivity contribution is 6.76. The van der Waals surface area contributed by atoms with Crippen LogP contribution in [0, 0.1) is 12.3 Å². The highest BCUT2D eigenvalue weighted by Crippen LogP contribution is 2.51. The Kier molecular flexibility index (Phi) is 14.3. The van der Waals surface area contributed by atoms with E-state index in [0.717, 1.165) is 79.1 Å². The van der Waals surface area contributed by atoms with Crippen LogP contribution < -0.4 is 25.3 Å². The molecule has 17 nitrogen and oxygen atoms in total. The van der Waals surface area contributed by atoms with Crippen molar-refractivity contribution >= 4 is 54.7 Å². The fourth-order valence-electron chi connectivity index (χ4n) is 10.2. The Morgan fingerprint density at radius 2 is 1.58 bits per heavy atom. The summed E-state index contributed by atoms with van der Waals surface area (Å²) in [6.07, 6.45) is 8.90. The van der Waals surface area contributed by atoms with Crippen molar-refractivity contribution in [2.24, 2.45) is 5.41 Å². The lowest BCUT2D eigenvalue weighted by molar-refractivity contribution is -0.133. The summed E-state index contributed by atoms with van der Waals surface area (Å²) in [5.41, 5.74) is 6.90. The summed E-state index contributed by atoms with van der Waals surface area (Å²) in [6.45, 7) is 23.8. The van der Waals surface area contributed by atoms with E-state index in [0.29, 0.717) is 48.6 Å². The van der Waals surface area contributed by atoms with E-state index in [-0.39, 0.29) is 36.0 Å². The minimum Gasteiger partial charge on any atom is -0.371 e. The summed E-state index contributed by atoms with van der Waals surface area (Å²) < 4.78 is 11.0. The standard InChI is InChI=1S/C53H70N12O5Si/c1-36-31-38(9-15-43(36)37(2)56-47(67)48-59-49(60-70-48)52(3,4)5)44-17-21-54-50(57-44)58-45-16-14-41(34-55-45)62-25-27-63(28-26-62)42-32-53(33-42)19-23-61(24-20-53)39-10-12-40(13-11-39)64-22-18-46(66)65(51(64)68)35-69-29-30-71(6,7)8/h9-17,21,31,34,37,42H,18-20,22-30,32-33,35H2,1-8H3,(H,56,67)(H,54,55,57,58)/t37-/m1/s1. The number of aromatic nitrogens is 5. The van der Waals surface area contributed by atoms with Crippen molar-refractivity contribution < 1.29 is 23.6 Å². The molecule has 4 amide bonds. The number of carbonyl (C=O) groups is 3. The van der Waals surface area contributed by atoms with Gasteiger partial charge < -0.3 is 29.7 Å². The van der Waals surface area contributed by atoms with Gasteiger partial charge >= 0.3 is 17.8 Å². The first-order valence-corrected chi connectivity index (χ1v) is 29.0. The van der Waals surface area contributed by atoms with Crippen LogP contribution in [0.2, 0.25) is 25.7 Å². The molecule has 2 aromatic carbocycles. The summed E-state index contributed by atoms with van der Waals surface area (Å²) >= 11 is 0. The molecule has 1 atom stereocenters. The number of amides is 4. The van der Waals surface area contributed by atoms with Crippen LogP contribution in [0.25, 0.3) is 11.3 Å². The number of hydrogen-bond donors (Lipinski definition) is 2. The van der Waals surface area contributed by atoms with E-state index >= 15 is 0 Å². The van der Waals surface area contributed by atoms with Gasteiger partial charge in [-0.15, -0.1) is 0 Å². The van der Waals surface area contributed by atoms with Crippen molar-refractivity contribution in [3.05, 3.63) is 95.9 Å². The number of carbonyl (C=O) groups excluding carboxylic acids is 3. The van der Waals surface area contributed by atoms with Gasteiger partial charge in [-0.05, 0) is 111 Å². The molecule has 3 saturated heterocycles. The molecule has 9 rings (SSSR count). The van der Waals surface area contributed by atoms with Gasteiger partial charge in [-0.2, -0.15) is 4.98 Å². The Morgan fingerprint density at radius 3 is 2.24 bits per heavy atom. The highest BCUT2D eigenvalue weighted by atomic mass is 28.3. The number of imide groups is 1. The molecule has 1 spiro atoms. The summed E-state index contributed by atoms with van der Waals surface area (Å²) in [7, 11) is -1.26. The van der Waals surface area contributed by atoms with E-state index in [1.54, 1.807) is 11.1 Å². The van der Waals surface area contributed by atoms with Crippen molar-refractivity contribution in [3.63, 3.8) is 0 Å². The van der Waals surface area contributed by atoms with Gasteiger partial charge in [0, 0.05) is 102 Å². The molecule has 2 N–H and O–H groups in total. The number of piperidine rings is 1. The third kappa shape index (κ3) is 11.6. The fourth-order valence-corrected chi connectivity index (χ4v) is 11.0. The van der Waals surface area contributed by atoms with Gasteiger partial charge in [-0.3, -0.25) is 19.4 Å². The lowest BCUT2D eigenvalue weighted by atomic mass is 9.60. The number of pyridine rings is 1. The van der Waals surface area contributed by atoms with Crippen LogP contribution in [-0.4, -0.2) is 126 Å². The predicted octanol–water partition coefficient (Wildman–Crippen LogP) is 8.80. The second-order valence-electron chi connectivity index (χ2n) is 22.2. The Hall–Kier alpha value is -6.24. The summed E-state index contributed by atoms with van der Waals surface area (Å²) in [6, 6.07) is 21.4. The number of aryl methyl sites for hydroxylation is 1. The van der Waals surface area contributed by atoms with Crippen LogP contribution in [-0.2, 0) is 14.9 Å². The zero-order valence-corrected chi connectivity index (χ0v) is 43.7. The number of urea groups is 1. The van der Waals surface area contributed by atoms with Crippen LogP contribution in [0.1, 0.15) is 93.5 Å². The Bertz CT molecular complexity index is 2680. The number of nitrogens with one attached hydrogen (secondary N) is 2. The van der Waals surface area contributed by atoms with Crippen LogP contribution in [0.4, 0.5) is 33.6 Å². The third-order valence-electron chi connectivity index (χ3n) is 14.7. The number of ether oxygens (including phenoxy) is 1. The van der Waals surface area contributed by atoms with Gasteiger partial charge in [0.05, 0.1) is 23.6 Å². The largest absolute Gasteiger partial charge is 0.371 e. The summed E-state index contributed by atoms with van der Waals surface area (Å²) in [5.74, 6) is 0.985. The average molecular weight is 983 g/mol. The fraction of sp³-hybridized carbons (Fsp3) is 0.509. The molecule has 3 aliphatic heterocycles. The molecular formula is C53H70N12O5Si.